The number of likely N-dealkylation sites (tertiary alicyclic amines) is 1. The number of benzene rings is 1. The lowest BCUT2D eigenvalue weighted by molar-refractivity contribution is -0.126. The van der Waals surface area contributed by atoms with Gasteiger partial charge in [0.25, 0.3) is 0 Å². The van der Waals surface area contributed by atoms with Crippen molar-refractivity contribution in [2.45, 2.75) is 25.1 Å². The van der Waals surface area contributed by atoms with Crippen molar-refractivity contribution in [2.24, 2.45) is 5.92 Å². The van der Waals surface area contributed by atoms with Crippen LogP contribution in [0.3, 0.4) is 0 Å². The van der Waals surface area contributed by atoms with Crippen LogP contribution in [-0.4, -0.2) is 46.3 Å². The molecule has 4 rings (SSSR count). The summed E-state index contributed by atoms with van der Waals surface area (Å²) in [5, 5.41) is 7.17. The van der Waals surface area contributed by atoms with Crippen LogP contribution in [0.15, 0.2) is 56.1 Å². The van der Waals surface area contributed by atoms with Crippen molar-refractivity contribution in [3.63, 3.8) is 0 Å². The molecule has 3 aromatic rings. The van der Waals surface area contributed by atoms with E-state index < -0.39 is 0 Å². The molecule has 164 valence electrons. The average molecular weight is 505 g/mol. The Morgan fingerprint density at radius 2 is 2.16 bits per heavy atom. The summed E-state index contributed by atoms with van der Waals surface area (Å²) in [5.74, 6) is 3.94. The van der Waals surface area contributed by atoms with Crippen molar-refractivity contribution >= 4 is 33.6 Å². The molecule has 0 saturated carbocycles. The van der Waals surface area contributed by atoms with E-state index in [9.17, 15) is 4.79 Å². The van der Waals surface area contributed by atoms with Crippen LogP contribution in [0.25, 0.3) is 11.4 Å². The van der Waals surface area contributed by atoms with Crippen molar-refractivity contribution in [3.8, 4) is 11.4 Å². The number of thioether (sulfide) groups is 1. The van der Waals surface area contributed by atoms with Gasteiger partial charge in [-0.05, 0) is 55.8 Å². The topological polar surface area (TPSA) is 84.4 Å². The molecule has 0 aliphatic carbocycles. The Morgan fingerprint density at radius 1 is 1.29 bits per heavy atom. The summed E-state index contributed by atoms with van der Waals surface area (Å²) in [6.45, 7) is 2.87. The van der Waals surface area contributed by atoms with E-state index in [4.69, 9.17) is 8.94 Å². The van der Waals surface area contributed by atoms with E-state index in [0.29, 0.717) is 31.3 Å². The maximum Gasteiger partial charge on any atom is 0.241 e. The van der Waals surface area contributed by atoms with Gasteiger partial charge in [0.15, 0.2) is 0 Å². The third kappa shape index (κ3) is 6.44. The summed E-state index contributed by atoms with van der Waals surface area (Å²) in [6.07, 6.45) is 3.58. The summed E-state index contributed by atoms with van der Waals surface area (Å²) in [6, 6.07) is 11.7. The highest BCUT2D eigenvalue weighted by atomic mass is 79.9. The van der Waals surface area contributed by atoms with Crippen LogP contribution in [0, 0.1) is 5.92 Å². The second-order valence-corrected chi connectivity index (χ2v) is 9.54. The molecule has 0 bridgehead atoms. The van der Waals surface area contributed by atoms with Gasteiger partial charge in [-0.15, -0.1) is 0 Å². The first-order valence-corrected chi connectivity index (χ1v) is 12.3. The van der Waals surface area contributed by atoms with Gasteiger partial charge >= 0.3 is 0 Å². The molecule has 1 amide bonds. The monoisotopic (exact) mass is 504 g/mol. The number of amides is 1. The largest absolute Gasteiger partial charge is 0.468 e. The molecule has 1 saturated heterocycles. The van der Waals surface area contributed by atoms with E-state index in [1.807, 2.05) is 36.4 Å². The molecular formula is C22H25BrN4O3S. The van der Waals surface area contributed by atoms with E-state index >= 15 is 0 Å². The van der Waals surface area contributed by atoms with Crippen LogP contribution in [-0.2, 0) is 17.1 Å². The third-order valence-electron chi connectivity index (χ3n) is 5.18. The normalized spacial score (nSPS) is 17.0. The number of hydrogen-bond donors (Lipinski definition) is 1. The highest BCUT2D eigenvalue weighted by Gasteiger charge is 2.26. The van der Waals surface area contributed by atoms with Crippen LogP contribution in [0.1, 0.15) is 24.5 Å². The second-order valence-electron chi connectivity index (χ2n) is 7.52. The number of nitrogens with zero attached hydrogens (tertiary/aromatic N) is 3. The summed E-state index contributed by atoms with van der Waals surface area (Å²) in [7, 11) is 0. The van der Waals surface area contributed by atoms with Crippen LogP contribution in [0.4, 0.5) is 0 Å². The number of rotatable bonds is 9. The van der Waals surface area contributed by atoms with Crippen molar-refractivity contribution in [1.29, 1.82) is 0 Å². The van der Waals surface area contributed by atoms with Crippen LogP contribution in [0.2, 0.25) is 0 Å². The Bertz CT molecular complexity index is 962. The van der Waals surface area contributed by atoms with E-state index in [1.165, 1.54) is 0 Å². The van der Waals surface area contributed by atoms with Gasteiger partial charge < -0.3 is 14.3 Å². The quantitative estimate of drug-likeness (QED) is 0.433. The molecule has 9 heteroatoms. The number of furan rings is 1. The summed E-state index contributed by atoms with van der Waals surface area (Å²) >= 11 is 5.18. The van der Waals surface area contributed by atoms with Gasteiger partial charge in [0.2, 0.25) is 17.6 Å². The van der Waals surface area contributed by atoms with E-state index in [0.717, 1.165) is 46.7 Å². The fourth-order valence-corrected chi connectivity index (χ4v) is 4.62. The minimum Gasteiger partial charge on any atom is -0.468 e. The summed E-state index contributed by atoms with van der Waals surface area (Å²) < 4.78 is 11.8. The van der Waals surface area contributed by atoms with Crippen LogP contribution < -0.4 is 5.32 Å². The first-order valence-electron chi connectivity index (χ1n) is 10.4. The highest BCUT2D eigenvalue weighted by molar-refractivity contribution is 9.10. The standard InChI is InChI=1S/C22H25BrN4O3S/c23-18-7-5-16(6-8-18)21-25-20(30-26-21)14-27-10-1-3-17(13-27)22(28)24-9-12-31-15-19-4-2-11-29-19/h2,4-8,11,17H,1,3,9-10,12-15H2,(H,24,28). The minimum absolute atomic E-state index is 0.00214. The summed E-state index contributed by atoms with van der Waals surface area (Å²) in [5.41, 5.74) is 0.916. The number of aromatic nitrogens is 2. The fourth-order valence-electron chi connectivity index (χ4n) is 3.60. The Hall–Kier alpha value is -2.10. The van der Waals surface area contributed by atoms with E-state index in [-0.39, 0.29) is 11.8 Å². The van der Waals surface area contributed by atoms with Gasteiger partial charge in [-0.3, -0.25) is 9.69 Å². The van der Waals surface area contributed by atoms with E-state index in [1.54, 1.807) is 18.0 Å². The highest BCUT2D eigenvalue weighted by Crippen LogP contribution is 2.22. The number of carbonyl (C=O) groups excluding carboxylic acids is 1. The molecule has 1 atom stereocenters. The number of nitrogens with one attached hydrogen (secondary N) is 1. The lowest BCUT2D eigenvalue weighted by atomic mass is 9.97. The fraction of sp³-hybridized carbons (Fsp3) is 0.409. The van der Waals surface area contributed by atoms with Gasteiger partial charge in [0.1, 0.15) is 5.76 Å². The van der Waals surface area contributed by atoms with Gasteiger partial charge in [-0.2, -0.15) is 16.7 Å². The van der Waals surface area contributed by atoms with E-state index in [2.05, 4.69) is 36.3 Å². The average Bonchev–Trinajstić information content (AvgIpc) is 3.46. The predicted molar refractivity (Wildman–Crippen MR) is 123 cm³/mol. The van der Waals surface area contributed by atoms with Crippen molar-refractivity contribution in [1.82, 2.24) is 20.4 Å². The number of halogens is 1. The molecule has 0 spiro atoms. The number of piperidine rings is 1. The lowest BCUT2D eigenvalue weighted by Gasteiger charge is -2.30. The molecule has 1 fully saturated rings. The Kier molecular flexibility index (Phi) is 7.82. The molecule has 1 aliphatic rings. The zero-order chi connectivity index (χ0) is 21.5. The molecule has 1 aliphatic heterocycles. The molecule has 0 radical (unpaired) electrons. The molecule has 1 N–H and O–H groups in total. The number of hydrogen-bond acceptors (Lipinski definition) is 7. The summed E-state index contributed by atoms with van der Waals surface area (Å²) in [4.78, 5) is 19.3. The first-order chi connectivity index (χ1) is 15.2. The van der Waals surface area contributed by atoms with Gasteiger partial charge in [0.05, 0.1) is 24.5 Å². The molecule has 1 aromatic carbocycles. The molecular weight excluding hydrogens is 480 g/mol. The van der Waals surface area contributed by atoms with Crippen molar-refractivity contribution in [3.05, 3.63) is 58.8 Å². The second kappa shape index (κ2) is 11.0. The molecule has 1 unspecified atom stereocenters. The smallest absolute Gasteiger partial charge is 0.241 e. The maximum atomic E-state index is 12.6. The minimum atomic E-state index is -0.00214. The maximum absolute atomic E-state index is 12.6. The lowest BCUT2D eigenvalue weighted by Crippen LogP contribution is -2.43. The molecule has 31 heavy (non-hydrogen) atoms. The van der Waals surface area contributed by atoms with Crippen LogP contribution in [0.5, 0.6) is 0 Å². The molecule has 3 heterocycles. The zero-order valence-corrected chi connectivity index (χ0v) is 19.5. The first kappa shape index (κ1) is 22.1. The Morgan fingerprint density at radius 3 is 2.97 bits per heavy atom. The SMILES string of the molecule is O=C(NCCSCc1ccco1)C1CCCN(Cc2nc(-c3ccc(Br)cc3)no2)C1. The van der Waals surface area contributed by atoms with Crippen LogP contribution >= 0.6 is 27.7 Å². The molecule has 2 aromatic heterocycles. The van der Waals surface area contributed by atoms with Gasteiger partial charge in [-0.1, -0.05) is 21.1 Å². The third-order valence-corrected chi connectivity index (χ3v) is 6.69. The van der Waals surface area contributed by atoms with Gasteiger partial charge in [-0.25, -0.2) is 0 Å². The predicted octanol–water partition coefficient (Wildman–Crippen LogP) is 4.35. The molecule has 7 nitrogen and oxygen atoms in total. The van der Waals surface area contributed by atoms with Gasteiger partial charge in [0, 0.05) is 28.9 Å². The Labute approximate surface area is 194 Å². The number of carbonyl (C=O) groups is 1. The zero-order valence-electron chi connectivity index (χ0n) is 17.1. The van der Waals surface area contributed by atoms with Crippen molar-refractivity contribution in [2.75, 3.05) is 25.4 Å². The van der Waals surface area contributed by atoms with Crippen molar-refractivity contribution < 1.29 is 13.7 Å². The Balaban J connectivity index is 1.21.